The zero-order chi connectivity index (χ0) is 7.56. The molecule has 50 valence electrons. The summed E-state index contributed by atoms with van der Waals surface area (Å²) < 4.78 is 0. The fourth-order valence-electron chi connectivity index (χ4n) is 0.502. The highest BCUT2D eigenvalue weighted by Gasteiger charge is 2.25. The third-order valence-electron chi connectivity index (χ3n) is 0.932. The number of amides is 4. The maximum atomic E-state index is 10.5. The lowest BCUT2D eigenvalue weighted by molar-refractivity contribution is 0.210. The molecule has 4 amide bonds. The van der Waals surface area contributed by atoms with E-state index >= 15 is 0 Å². The minimum absolute atomic E-state index is 0.0648. The summed E-state index contributed by atoms with van der Waals surface area (Å²) in [5.41, 5.74) is 0. The van der Waals surface area contributed by atoms with Crippen molar-refractivity contribution in [2.75, 3.05) is 6.54 Å². The van der Waals surface area contributed by atoms with Crippen molar-refractivity contribution in [3.63, 3.8) is 0 Å². The first kappa shape index (κ1) is 6.42. The monoisotopic (exact) mass is 137 g/mol. The summed E-state index contributed by atoms with van der Waals surface area (Å²) in [4.78, 5) is 21.8. The summed E-state index contributed by atoms with van der Waals surface area (Å²) >= 11 is 0. The van der Waals surface area contributed by atoms with Crippen LogP contribution in [-0.2, 0) is 0 Å². The van der Waals surface area contributed by atoms with Crippen molar-refractivity contribution in [3.8, 4) is 12.3 Å². The maximum absolute atomic E-state index is 10.5. The highest BCUT2D eigenvalue weighted by molar-refractivity contribution is 5.98. The van der Waals surface area contributed by atoms with Crippen LogP contribution in [-0.4, -0.2) is 23.5 Å². The lowest BCUT2D eigenvalue weighted by Gasteiger charge is -2.02. The Labute approximate surface area is 56.7 Å². The van der Waals surface area contributed by atoms with Crippen LogP contribution in [0.2, 0.25) is 0 Å². The zero-order valence-electron chi connectivity index (χ0n) is 4.94. The Morgan fingerprint density at radius 3 is 2.30 bits per heavy atom. The molecular formula is C5H3N3O2. The Morgan fingerprint density at radius 2 is 1.90 bits per heavy atom. The molecule has 0 unspecified atom stereocenters. The minimum Gasteiger partial charge on any atom is -0.244 e. The molecule has 0 radical (unpaired) electrons. The second-order valence-corrected chi connectivity index (χ2v) is 1.56. The molecule has 0 saturated carbocycles. The number of imide groups is 1. The first-order valence-electron chi connectivity index (χ1n) is 2.46. The van der Waals surface area contributed by atoms with E-state index in [1.54, 1.807) is 0 Å². The number of hydrogen-bond acceptors (Lipinski definition) is 2. The Hall–Kier alpha value is -1.70. The van der Waals surface area contributed by atoms with Gasteiger partial charge in [-0.05, 0) is 0 Å². The number of carbonyl (C=O) groups is 2. The van der Waals surface area contributed by atoms with Crippen LogP contribution in [0.3, 0.4) is 0 Å². The molecule has 0 saturated heterocycles. The van der Waals surface area contributed by atoms with Crippen LogP contribution in [0, 0.1) is 12.3 Å². The largest absolute Gasteiger partial charge is 0.371 e. The van der Waals surface area contributed by atoms with E-state index < -0.39 is 12.1 Å². The number of hydrogen-bond donors (Lipinski definition) is 0. The van der Waals surface area contributed by atoms with Gasteiger partial charge in [0, 0.05) is 0 Å². The molecule has 0 atom stereocenters. The normalized spacial score (nSPS) is 16.1. The molecule has 0 aromatic rings. The highest BCUT2D eigenvalue weighted by atomic mass is 16.2. The van der Waals surface area contributed by atoms with Crippen LogP contribution in [0.1, 0.15) is 0 Å². The molecule has 0 aliphatic carbocycles. The van der Waals surface area contributed by atoms with Gasteiger partial charge in [-0.2, -0.15) is 0 Å². The van der Waals surface area contributed by atoms with Crippen molar-refractivity contribution in [2.24, 2.45) is 10.2 Å². The quantitative estimate of drug-likeness (QED) is 0.497. The zero-order valence-corrected chi connectivity index (χ0v) is 4.94. The SMILES string of the molecule is C#CCN1C(=O)N=NC1=O. The van der Waals surface area contributed by atoms with Gasteiger partial charge >= 0.3 is 12.1 Å². The molecule has 0 aromatic heterocycles. The Balaban J connectivity index is 2.72. The van der Waals surface area contributed by atoms with Gasteiger partial charge in [-0.15, -0.1) is 6.42 Å². The first-order valence-corrected chi connectivity index (χ1v) is 2.46. The smallest absolute Gasteiger partial charge is 0.244 e. The number of azo groups is 1. The van der Waals surface area contributed by atoms with E-state index in [1.165, 1.54) is 0 Å². The van der Waals surface area contributed by atoms with Gasteiger partial charge in [0.05, 0.1) is 6.54 Å². The Kier molecular flexibility index (Phi) is 1.46. The van der Waals surface area contributed by atoms with E-state index in [0.29, 0.717) is 0 Å². The van der Waals surface area contributed by atoms with E-state index in [0.717, 1.165) is 4.90 Å². The molecule has 1 aliphatic heterocycles. The van der Waals surface area contributed by atoms with Gasteiger partial charge in [0.1, 0.15) is 0 Å². The summed E-state index contributed by atoms with van der Waals surface area (Å²) in [7, 11) is 0. The molecule has 1 rings (SSSR count). The molecular weight excluding hydrogens is 134 g/mol. The van der Waals surface area contributed by atoms with E-state index in [1.807, 2.05) is 0 Å². The van der Waals surface area contributed by atoms with Gasteiger partial charge in [0.25, 0.3) is 0 Å². The molecule has 5 nitrogen and oxygen atoms in total. The Bertz CT molecular complexity index is 232. The highest BCUT2D eigenvalue weighted by Crippen LogP contribution is 2.05. The summed E-state index contributed by atoms with van der Waals surface area (Å²) in [6, 6.07) is -1.38. The molecule has 0 N–H and O–H groups in total. The van der Waals surface area contributed by atoms with Crippen molar-refractivity contribution >= 4 is 12.1 Å². The molecule has 0 bridgehead atoms. The average molecular weight is 137 g/mol. The lowest BCUT2D eigenvalue weighted by Crippen LogP contribution is -2.27. The van der Waals surface area contributed by atoms with E-state index in [9.17, 15) is 9.59 Å². The Morgan fingerprint density at radius 1 is 1.40 bits per heavy atom. The predicted octanol–water partition coefficient (Wildman–Crippen LogP) is 0.627. The van der Waals surface area contributed by atoms with Crippen LogP contribution < -0.4 is 0 Å². The second kappa shape index (κ2) is 2.27. The standard InChI is InChI=1S/C5H3N3O2/c1-2-3-8-4(9)6-7-5(8)10/h1H,3H2. The van der Waals surface area contributed by atoms with Gasteiger partial charge < -0.3 is 0 Å². The molecule has 1 heterocycles. The van der Waals surface area contributed by atoms with Crippen LogP contribution in [0.15, 0.2) is 10.2 Å². The third kappa shape index (κ3) is 0.865. The number of carbonyl (C=O) groups excluding carboxylic acids is 2. The van der Waals surface area contributed by atoms with Crippen molar-refractivity contribution in [3.05, 3.63) is 0 Å². The number of urea groups is 2. The lowest BCUT2D eigenvalue weighted by atomic mass is 10.6. The van der Waals surface area contributed by atoms with Crippen molar-refractivity contribution in [2.45, 2.75) is 0 Å². The molecule has 0 spiro atoms. The van der Waals surface area contributed by atoms with E-state index in [2.05, 4.69) is 16.1 Å². The molecule has 1 aliphatic rings. The van der Waals surface area contributed by atoms with Crippen molar-refractivity contribution in [1.29, 1.82) is 0 Å². The maximum Gasteiger partial charge on any atom is 0.371 e. The van der Waals surface area contributed by atoms with Crippen LogP contribution >= 0.6 is 0 Å². The minimum atomic E-state index is -0.692. The fourth-order valence-corrected chi connectivity index (χ4v) is 0.502. The summed E-state index contributed by atoms with van der Waals surface area (Å²) in [6.07, 6.45) is 4.85. The summed E-state index contributed by atoms with van der Waals surface area (Å²) in [6.45, 7) is -0.0648. The summed E-state index contributed by atoms with van der Waals surface area (Å²) in [5.74, 6) is 2.13. The topological polar surface area (TPSA) is 62.1 Å². The van der Waals surface area contributed by atoms with E-state index in [4.69, 9.17) is 6.42 Å². The third-order valence-corrected chi connectivity index (χ3v) is 0.932. The first-order chi connectivity index (χ1) is 4.75. The van der Waals surface area contributed by atoms with Crippen molar-refractivity contribution in [1.82, 2.24) is 4.90 Å². The predicted molar refractivity (Wildman–Crippen MR) is 31.2 cm³/mol. The molecule has 0 fully saturated rings. The van der Waals surface area contributed by atoms with Crippen LogP contribution in [0.25, 0.3) is 0 Å². The van der Waals surface area contributed by atoms with E-state index in [-0.39, 0.29) is 6.54 Å². The second-order valence-electron chi connectivity index (χ2n) is 1.56. The number of terminal acetylenes is 1. The fraction of sp³-hybridized carbons (Fsp3) is 0.200. The van der Waals surface area contributed by atoms with Gasteiger partial charge in [-0.1, -0.05) is 16.1 Å². The van der Waals surface area contributed by atoms with Gasteiger partial charge in [-0.3, -0.25) is 0 Å². The van der Waals surface area contributed by atoms with Gasteiger partial charge in [0.2, 0.25) is 0 Å². The number of nitrogens with zero attached hydrogens (tertiary/aromatic N) is 3. The van der Waals surface area contributed by atoms with Crippen molar-refractivity contribution < 1.29 is 9.59 Å². The van der Waals surface area contributed by atoms with Gasteiger partial charge in [0.15, 0.2) is 0 Å². The number of rotatable bonds is 1. The molecule has 10 heavy (non-hydrogen) atoms. The molecule has 0 aromatic carbocycles. The van der Waals surface area contributed by atoms with Gasteiger partial charge in [-0.25, -0.2) is 14.5 Å². The van der Waals surface area contributed by atoms with Crippen LogP contribution in [0.4, 0.5) is 9.59 Å². The summed E-state index contributed by atoms with van der Waals surface area (Å²) in [5, 5.41) is 5.97. The van der Waals surface area contributed by atoms with Crippen LogP contribution in [0.5, 0.6) is 0 Å². The molecule has 5 heteroatoms. The average Bonchev–Trinajstić information content (AvgIpc) is 2.20.